The second-order valence-electron chi connectivity index (χ2n) is 4.95. The zero-order valence-electron chi connectivity index (χ0n) is 12.0. The van der Waals surface area contributed by atoms with E-state index in [-0.39, 0.29) is 23.4 Å². The van der Waals surface area contributed by atoms with Crippen molar-refractivity contribution in [2.75, 3.05) is 12.4 Å². The van der Waals surface area contributed by atoms with E-state index in [0.717, 1.165) is 17.7 Å². The number of hydrogen-bond donors (Lipinski definition) is 2. The molecule has 0 saturated heterocycles. The fraction of sp³-hybridized carbons (Fsp3) is 0.357. The summed E-state index contributed by atoms with van der Waals surface area (Å²) in [5.74, 6) is 0.932. The quantitative estimate of drug-likeness (QED) is 0.815. The number of carbonyl (C=O) groups excluding carboxylic acids is 1. The van der Waals surface area contributed by atoms with Crippen LogP contribution in [-0.2, 0) is 11.8 Å². The molecule has 0 spiro atoms. The molecule has 1 aliphatic heterocycles. The predicted octanol–water partition coefficient (Wildman–Crippen LogP) is 0.840. The summed E-state index contributed by atoms with van der Waals surface area (Å²) in [6.07, 6.45) is 0.744. The van der Waals surface area contributed by atoms with Gasteiger partial charge < -0.3 is 10.1 Å². The van der Waals surface area contributed by atoms with E-state index in [4.69, 9.17) is 4.74 Å². The largest absolute Gasteiger partial charge is 0.493 e. The zero-order valence-corrected chi connectivity index (χ0v) is 12.9. The minimum atomic E-state index is -0.290. The van der Waals surface area contributed by atoms with E-state index in [1.807, 2.05) is 24.3 Å². The molecule has 3 rings (SSSR count). The Morgan fingerprint density at radius 1 is 1.55 bits per heavy atom. The third kappa shape index (κ3) is 3.01. The van der Waals surface area contributed by atoms with Crippen LogP contribution >= 0.6 is 11.8 Å². The SMILES string of the molecule is Cn1c(SCC(=O)NC2CCOc3ccccc32)n[nH]c1=O. The maximum absolute atomic E-state index is 12.1. The van der Waals surface area contributed by atoms with Gasteiger partial charge in [-0.1, -0.05) is 30.0 Å². The third-order valence-electron chi connectivity index (χ3n) is 3.46. The molecule has 1 amide bonds. The first-order valence-corrected chi connectivity index (χ1v) is 7.89. The van der Waals surface area contributed by atoms with Gasteiger partial charge >= 0.3 is 5.69 Å². The smallest absolute Gasteiger partial charge is 0.343 e. The fourth-order valence-corrected chi connectivity index (χ4v) is 3.05. The van der Waals surface area contributed by atoms with Gasteiger partial charge in [-0.25, -0.2) is 9.89 Å². The van der Waals surface area contributed by atoms with Crippen molar-refractivity contribution in [3.63, 3.8) is 0 Å². The topological polar surface area (TPSA) is 89.0 Å². The molecular formula is C14H16N4O3S. The van der Waals surface area contributed by atoms with Crippen LogP contribution in [0.1, 0.15) is 18.0 Å². The highest BCUT2D eigenvalue weighted by molar-refractivity contribution is 7.99. The zero-order chi connectivity index (χ0) is 15.5. The second kappa shape index (κ2) is 6.27. The molecule has 1 atom stereocenters. The molecule has 0 saturated carbocycles. The standard InChI is InChI=1S/C14H16N4O3S/c1-18-13(20)16-17-14(18)22-8-12(19)15-10-6-7-21-11-5-3-2-4-9(10)11/h2-5,10H,6-8H2,1H3,(H,15,19)(H,16,20). The Labute approximate surface area is 131 Å². The molecule has 1 aromatic heterocycles. The molecule has 1 unspecified atom stereocenters. The van der Waals surface area contributed by atoms with E-state index >= 15 is 0 Å². The highest BCUT2D eigenvalue weighted by atomic mass is 32.2. The van der Waals surface area contributed by atoms with Crippen LogP contribution in [0, 0.1) is 0 Å². The molecule has 0 aliphatic carbocycles. The van der Waals surface area contributed by atoms with Gasteiger partial charge in [0.1, 0.15) is 5.75 Å². The van der Waals surface area contributed by atoms with Gasteiger partial charge in [0.15, 0.2) is 5.16 Å². The maximum atomic E-state index is 12.1. The lowest BCUT2D eigenvalue weighted by atomic mass is 10.0. The summed E-state index contributed by atoms with van der Waals surface area (Å²) >= 11 is 1.22. The minimum Gasteiger partial charge on any atom is -0.493 e. The van der Waals surface area contributed by atoms with E-state index in [1.54, 1.807) is 7.05 Å². The van der Waals surface area contributed by atoms with Crippen molar-refractivity contribution in [1.29, 1.82) is 0 Å². The van der Waals surface area contributed by atoms with Gasteiger partial charge in [-0.3, -0.25) is 9.36 Å². The van der Waals surface area contributed by atoms with Gasteiger partial charge in [-0.05, 0) is 6.07 Å². The number of aromatic amines is 1. The molecule has 22 heavy (non-hydrogen) atoms. The number of nitrogens with zero attached hydrogens (tertiary/aromatic N) is 2. The van der Waals surface area contributed by atoms with Gasteiger partial charge in [0.25, 0.3) is 0 Å². The number of fused-ring (bicyclic) bond motifs is 1. The number of amides is 1. The molecular weight excluding hydrogens is 304 g/mol. The van der Waals surface area contributed by atoms with E-state index in [2.05, 4.69) is 15.5 Å². The summed E-state index contributed by atoms with van der Waals surface area (Å²) in [5.41, 5.74) is 0.709. The second-order valence-corrected chi connectivity index (χ2v) is 5.90. The molecule has 1 aromatic carbocycles. The molecule has 0 radical (unpaired) electrons. The number of aromatic nitrogens is 3. The van der Waals surface area contributed by atoms with E-state index < -0.39 is 0 Å². The highest BCUT2D eigenvalue weighted by Gasteiger charge is 2.22. The van der Waals surface area contributed by atoms with Crippen LogP contribution in [0.15, 0.2) is 34.2 Å². The fourth-order valence-electron chi connectivity index (χ4n) is 2.32. The summed E-state index contributed by atoms with van der Waals surface area (Å²) in [7, 11) is 1.61. The van der Waals surface area contributed by atoms with Crippen LogP contribution < -0.4 is 15.7 Å². The highest BCUT2D eigenvalue weighted by Crippen LogP contribution is 2.31. The van der Waals surface area contributed by atoms with Gasteiger partial charge in [0, 0.05) is 19.0 Å². The summed E-state index contributed by atoms with van der Waals surface area (Å²) in [5, 5.41) is 9.70. The molecule has 2 aromatic rings. The Morgan fingerprint density at radius 2 is 2.36 bits per heavy atom. The van der Waals surface area contributed by atoms with Crippen molar-refractivity contribution in [2.45, 2.75) is 17.6 Å². The first-order chi connectivity index (χ1) is 10.6. The van der Waals surface area contributed by atoms with Crippen molar-refractivity contribution >= 4 is 17.7 Å². The average Bonchev–Trinajstić information content (AvgIpc) is 2.85. The first kappa shape index (κ1) is 14.7. The normalized spacial score (nSPS) is 16.7. The van der Waals surface area contributed by atoms with E-state index in [9.17, 15) is 9.59 Å². The van der Waals surface area contributed by atoms with Crippen LogP contribution in [0.25, 0.3) is 0 Å². The lowest BCUT2D eigenvalue weighted by Crippen LogP contribution is -2.33. The summed E-state index contributed by atoms with van der Waals surface area (Å²) in [4.78, 5) is 23.4. The Bertz CT molecular complexity index is 740. The Morgan fingerprint density at radius 3 is 3.14 bits per heavy atom. The maximum Gasteiger partial charge on any atom is 0.343 e. The molecule has 1 aliphatic rings. The van der Waals surface area contributed by atoms with E-state index in [1.165, 1.54) is 16.3 Å². The number of rotatable bonds is 4. The van der Waals surface area contributed by atoms with Crippen LogP contribution in [0.3, 0.4) is 0 Å². The molecule has 7 nitrogen and oxygen atoms in total. The van der Waals surface area contributed by atoms with Gasteiger partial charge in [-0.2, -0.15) is 0 Å². The van der Waals surface area contributed by atoms with Crippen LogP contribution in [-0.4, -0.2) is 33.0 Å². The number of H-pyrrole nitrogens is 1. The number of benzene rings is 1. The average molecular weight is 320 g/mol. The van der Waals surface area contributed by atoms with Gasteiger partial charge in [-0.15, -0.1) is 5.10 Å². The van der Waals surface area contributed by atoms with Crippen molar-refractivity contribution < 1.29 is 9.53 Å². The number of nitrogens with one attached hydrogen (secondary N) is 2. The lowest BCUT2D eigenvalue weighted by molar-refractivity contribution is -0.119. The third-order valence-corrected chi connectivity index (χ3v) is 4.49. The lowest BCUT2D eigenvalue weighted by Gasteiger charge is -2.26. The molecule has 0 fully saturated rings. The number of para-hydroxylation sites is 1. The predicted molar refractivity (Wildman–Crippen MR) is 82.0 cm³/mol. The van der Waals surface area contributed by atoms with Crippen molar-refractivity contribution in [3.8, 4) is 5.75 Å². The Balaban J connectivity index is 1.61. The van der Waals surface area contributed by atoms with Gasteiger partial charge in [0.05, 0.1) is 18.4 Å². The van der Waals surface area contributed by atoms with E-state index in [0.29, 0.717) is 11.8 Å². The molecule has 8 heteroatoms. The minimum absolute atomic E-state index is 0.0407. The number of hydrogen-bond acceptors (Lipinski definition) is 5. The molecule has 116 valence electrons. The summed E-state index contributed by atoms with van der Waals surface area (Å²) < 4.78 is 6.95. The van der Waals surface area contributed by atoms with Crippen molar-refractivity contribution in [2.24, 2.45) is 7.05 Å². The number of ether oxygens (including phenoxy) is 1. The van der Waals surface area contributed by atoms with Crippen LogP contribution in [0.4, 0.5) is 0 Å². The first-order valence-electron chi connectivity index (χ1n) is 6.90. The van der Waals surface area contributed by atoms with Crippen molar-refractivity contribution in [3.05, 3.63) is 40.3 Å². The summed E-state index contributed by atoms with van der Waals surface area (Å²) in [6, 6.07) is 7.67. The monoisotopic (exact) mass is 320 g/mol. The Kier molecular flexibility index (Phi) is 4.19. The number of carbonyl (C=O) groups is 1. The van der Waals surface area contributed by atoms with Crippen LogP contribution in [0.5, 0.6) is 5.75 Å². The molecule has 0 bridgehead atoms. The number of thioether (sulfide) groups is 1. The molecule has 2 heterocycles. The Hall–Kier alpha value is -2.22. The van der Waals surface area contributed by atoms with Gasteiger partial charge in [0.2, 0.25) is 5.91 Å². The van der Waals surface area contributed by atoms with Crippen LogP contribution in [0.2, 0.25) is 0 Å². The molecule has 2 N–H and O–H groups in total. The summed E-state index contributed by atoms with van der Waals surface area (Å²) in [6.45, 7) is 0.586. The van der Waals surface area contributed by atoms with Crippen molar-refractivity contribution in [1.82, 2.24) is 20.1 Å².